The maximum absolute atomic E-state index is 5.17. The van der Waals surface area contributed by atoms with Gasteiger partial charge in [0.25, 0.3) is 0 Å². The lowest BCUT2D eigenvalue weighted by Gasteiger charge is -2.47. The van der Waals surface area contributed by atoms with E-state index in [9.17, 15) is 0 Å². The molecule has 3 heteroatoms. The van der Waals surface area contributed by atoms with Gasteiger partial charge in [-0.05, 0) is 37.1 Å². The highest BCUT2D eigenvalue weighted by molar-refractivity contribution is 4.92. The number of piperazine rings is 1. The number of unbranched alkanes of at least 4 members (excludes halogenated alkanes) is 1. The van der Waals surface area contributed by atoms with Crippen molar-refractivity contribution in [3.8, 4) is 0 Å². The predicted molar refractivity (Wildman–Crippen MR) is 87.2 cm³/mol. The summed E-state index contributed by atoms with van der Waals surface area (Å²) in [6.45, 7) is 16.2. The lowest BCUT2D eigenvalue weighted by atomic mass is 9.83. The van der Waals surface area contributed by atoms with Crippen LogP contribution in [0.5, 0.6) is 0 Å². The van der Waals surface area contributed by atoms with E-state index in [1.807, 2.05) is 0 Å². The first-order valence-electron chi connectivity index (χ1n) is 8.31. The summed E-state index contributed by atoms with van der Waals surface area (Å²) in [4.78, 5) is 2.72. The minimum absolute atomic E-state index is 0.344. The van der Waals surface area contributed by atoms with E-state index in [-0.39, 0.29) is 0 Å². The van der Waals surface area contributed by atoms with Crippen molar-refractivity contribution in [2.24, 2.45) is 11.3 Å². The van der Waals surface area contributed by atoms with Crippen LogP contribution in [0.1, 0.15) is 53.9 Å². The first kappa shape index (κ1) is 17.9. The Morgan fingerprint density at radius 1 is 1.25 bits per heavy atom. The molecule has 0 bridgehead atoms. The quantitative estimate of drug-likeness (QED) is 0.727. The Balaban J connectivity index is 2.54. The largest absolute Gasteiger partial charge is 0.385 e. The van der Waals surface area contributed by atoms with Crippen molar-refractivity contribution < 1.29 is 4.74 Å². The van der Waals surface area contributed by atoms with E-state index in [2.05, 4.69) is 44.8 Å². The highest BCUT2D eigenvalue weighted by Gasteiger charge is 2.35. The zero-order chi connectivity index (χ0) is 15.2. The van der Waals surface area contributed by atoms with Crippen LogP contribution in [0.4, 0.5) is 0 Å². The molecule has 3 nitrogen and oxygen atoms in total. The standard InChI is InChI=1S/C17H36N2O/c1-14(2)11-15-13-19(9-7-8-10-20-6)16(12-18-15)17(3,4)5/h14-16,18H,7-13H2,1-6H3. The Labute approximate surface area is 126 Å². The Bertz CT molecular complexity index is 260. The summed E-state index contributed by atoms with van der Waals surface area (Å²) in [6, 6.07) is 1.31. The lowest BCUT2D eigenvalue weighted by Crippen LogP contribution is -2.60. The summed E-state index contributed by atoms with van der Waals surface area (Å²) < 4.78 is 5.17. The van der Waals surface area contributed by atoms with Gasteiger partial charge < -0.3 is 10.1 Å². The van der Waals surface area contributed by atoms with E-state index in [0.29, 0.717) is 17.5 Å². The molecule has 0 saturated carbocycles. The van der Waals surface area contributed by atoms with Crippen molar-refractivity contribution in [2.45, 2.75) is 66.0 Å². The molecule has 0 aromatic heterocycles. The molecule has 0 aliphatic carbocycles. The summed E-state index contributed by atoms with van der Waals surface area (Å²) in [7, 11) is 1.79. The zero-order valence-corrected chi connectivity index (χ0v) is 14.5. The van der Waals surface area contributed by atoms with E-state index in [4.69, 9.17) is 4.74 Å². The normalized spacial score (nSPS) is 25.4. The molecule has 2 atom stereocenters. The van der Waals surface area contributed by atoms with Crippen molar-refractivity contribution >= 4 is 0 Å². The summed E-state index contributed by atoms with van der Waals surface area (Å²) >= 11 is 0. The SMILES string of the molecule is COCCCCN1CC(CC(C)C)NCC1C(C)(C)C. The molecule has 1 aliphatic heterocycles. The molecule has 20 heavy (non-hydrogen) atoms. The van der Waals surface area contributed by atoms with Gasteiger partial charge in [0, 0.05) is 38.9 Å². The third-order valence-electron chi connectivity index (χ3n) is 4.29. The van der Waals surface area contributed by atoms with Crippen molar-refractivity contribution in [1.29, 1.82) is 0 Å². The average Bonchev–Trinajstić information content (AvgIpc) is 2.32. The second kappa shape index (κ2) is 8.35. The fraction of sp³-hybridized carbons (Fsp3) is 1.00. The number of rotatable bonds is 7. The van der Waals surface area contributed by atoms with Crippen molar-refractivity contribution in [3.63, 3.8) is 0 Å². The van der Waals surface area contributed by atoms with Gasteiger partial charge in [0.1, 0.15) is 0 Å². The number of methoxy groups -OCH3 is 1. The van der Waals surface area contributed by atoms with Crippen molar-refractivity contribution in [1.82, 2.24) is 10.2 Å². The van der Waals surface area contributed by atoms with Gasteiger partial charge in [-0.2, -0.15) is 0 Å². The fourth-order valence-corrected chi connectivity index (χ4v) is 3.27. The lowest BCUT2D eigenvalue weighted by molar-refractivity contribution is 0.0484. The highest BCUT2D eigenvalue weighted by Crippen LogP contribution is 2.27. The Morgan fingerprint density at radius 3 is 2.50 bits per heavy atom. The molecule has 0 aromatic carbocycles. The molecule has 1 heterocycles. The number of nitrogens with zero attached hydrogens (tertiary/aromatic N) is 1. The molecule has 0 aromatic rings. The maximum Gasteiger partial charge on any atom is 0.0462 e. The summed E-state index contributed by atoms with van der Waals surface area (Å²) in [5.74, 6) is 0.772. The van der Waals surface area contributed by atoms with E-state index in [1.54, 1.807) is 7.11 Å². The van der Waals surface area contributed by atoms with Gasteiger partial charge in [-0.15, -0.1) is 0 Å². The average molecular weight is 284 g/mol. The monoisotopic (exact) mass is 284 g/mol. The molecule has 120 valence electrons. The van der Waals surface area contributed by atoms with Crippen LogP contribution in [0.15, 0.2) is 0 Å². The number of nitrogens with one attached hydrogen (secondary N) is 1. The van der Waals surface area contributed by atoms with E-state index >= 15 is 0 Å². The minimum Gasteiger partial charge on any atom is -0.385 e. The number of ether oxygens (including phenoxy) is 1. The number of hydrogen-bond acceptors (Lipinski definition) is 3. The van der Waals surface area contributed by atoms with Crippen LogP contribution in [0.2, 0.25) is 0 Å². The van der Waals surface area contributed by atoms with Crippen LogP contribution in [0.25, 0.3) is 0 Å². The van der Waals surface area contributed by atoms with Gasteiger partial charge in [0.2, 0.25) is 0 Å². The summed E-state index contributed by atoms with van der Waals surface area (Å²) in [5, 5.41) is 3.77. The van der Waals surface area contributed by atoms with Crippen LogP contribution in [-0.4, -0.2) is 50.3 Å². The van der Waals surface area contributed by atoms with Gasteiger partial charge in [-0.25, -0.2) is 0 Å². The molecular weight excluding hydrogens is 248 g/mol. The zero-order valence-electron chi connectivity index (χ0n) is 14.5. The molecule has 2 unspecified atom stereocenters. The maximum atomic E-state index is 5.17. The molecule has 1 N–H and O–H groups in total. The van der Waals surface area contributed by atoms with E-state index in [1.165, 1.54) is 32.4 Å². The van der Waals surface area contributed by atoms with Crippen LogP contribution < -0.4 is 5.32 Å². The van der Waals surface area contributed by atoms with Gasteiger partial charge in [0.05, 0.1) is 0 Å². The van der Waals surface area contributed by atoms with Gasteiger partial charge in [0.15, 0.2) is 0 Å². The topological polar surface area (TPSA) is 24.5 Å². The molecule has 0 radical (unpaired) electrons. The highest BCUT2D eigenvalue weighted by atomic mass is 16.5. The molecular formula is C17H36N2O. The van der Waals surface area contributed by atoms with Crippen LogP contribution in [-0.2, 0) is 4.74 Å². The van der Waals surface area contributed by atoms with E-state index < -0.39 is 0 Å². The van der Waals surface area contributed by atoms with Gasteiger partial charge >= 0.3 is 0 Å². The second-order valence-electron chi connectivity index (χ2n) is 7.81. The second-order valence-corrected chi connectivity index (χ2v) is 7.81. The van der Waals surface area contributed by atoms with Crippen LogP contribution in [0.3, 0.4) is 0 Å². The fourth-order valence-electron chi connectivity index (χ4n) is 3.27. The summed E-state index contributed by atoms with van der Waals surface area (Å²) in [5.41, 5.74) is 0.344. The van der Waals surface area contributed by atoms with Crippen LogP contribution in [0, 0.1) is 11.3 Å². The smallest absolute Gasteiger partial charge is 0.0462 e. The molecule has 1 saturated heterocycles. The molecule has 1 fully saturated rings. The van der Waals surface area contributed by atoms with Crippen molar-refractivity contribution in [3.05, 3.63) is 0 Å². The van der Waals surface area contributed by atoms with Crippen LogP contribution >= 0.6 is 0 Å². The molecule has 0 spiro atoms. The third-order valence-corrected chi connectivity index (χ3v) is 4.29. The Morgan fingerprint density at radius 2 is 1.95 bits per heavy atom. The first-order chi connectivity index (χ1) is 9.34. The third kappa shape index (κ3) is 6.11. The Hall–Kier alpha value is -0.120. The Kier molecular flexibility index (Phi) is 7.49. The summed E-state index contributed by atoms with van der Waals surface area (Å²) in [6.07, 6.45) is 3.70. The van der Waals surface area contributed by atoms with Gasteiger partial charge in [-0.1, -0.05) is 34.6 Å². The minimum atomic E-state index is 0.344. The number of hydrogen-bond donors (Lipinski definition) is 1. The van der Waals surface area contributed by atoms with Crippen molar-refractivity contribution in [2.75, 3.05) is 33.4 Å². The predicted octanol–water partition coefficient (Wildman–Crippen LogP) is 3.15. The van der Waals surface area contributed by atoms with E-state index in [0.717, 1.165) is 19.1 Å². The molecule has 0 amide bonds. The first-order valence-corrected chi connectivity index (χ1v) is 8.31. The molecule has 1 aliphatic rings. The molecule has 1 rings (SSSR count). The van der Waals surface area contributed by atoms with Gasteiger partial charge in [-0.3, -0.25) is 4.90 Å².